The second-order valence-corrected chi connectivity index (χ2v) is 11.7. The fraction of sp³-hybridized carbons (Fsp3) is 0.471. The van der Waals surface area contributed by atoms with E-state index >= 15 is 0 Å². The molecule has 1 amide bonds. The van der Waals surface area contributed by atoms with Gasteiger partial charge < -0.3 is 19.5 Å². The Balaban J connectivity index is 0.00000113. The molecule has 3 aliphatic rings. The van der Waals surface area contributed by atoms with Gasteiger partial charge in [0.2, 0.25) is 0 Å². The Morgan fingerprint density at radius 2 is 1.71 bits per heavy atom. The number of hydrogen-bond donors (Lipinski definition) is 1. The first-order chi connectivity index (χ1) is 20.3. The summed E-state index contributed by atoms with van der Waals surface area (Å²) in [4.78, 5) is 27.6. The molecule has 6 rings (SSSR count). The maximum atomic E-state index is 14.3. The van der Waals surface area contributed by atoms with Gasteiger partial charge in [-0.3, -0.25) is 4.79 Å². The van der Waals surface area contributed by atoms with Crippen LogP contribution in [-0.4, -0.2) is 61.6 Å². The van der Waals surface area contributed by atoms with E-state index < -0.39 is 18.4 Å². The summed E-state index contributed by atoms with van der Waals surface area (Å²) < 4.78 is 35.7. The van der Waals surface area contributed by atoms with Crippen molar-refractivity contribution in [2.45, 2.75) is 69.8 Å². The number of carbonyl (C=O) groups is 2. The van der Waals surface area contributed by atoms with Crippen LogP contribution in [0.15, 0.2) is 48.0 Å². The van der Waals surface area contributed by atoms with Gasteiger partial charge >= 0.3 is 5.97 Å². The van der Waals surface area contributed by atoms with Crippen molar-refractivity contribution in [3.05, 3.63) is 64.7 Å². The minimum Gasteiger partial charge on any atom is -0.465 e. The van der Waals surface area contributed by atoms with E-state index in [2.05, 4.69) is 16.0 Å². The molecule has 1 aromatic heterocycles. The van der Waals surface area contributed by atoms with E-state index in [1.165, 1.54) is 43.3 Å². The summed E-state index contributed by atoms with van der Waals surface area (Å²) in [6.45, 7) is 0.0230. The van der Waals surface area contributed by atoms with Crippen LogP contribution in [0, 0.1) is 0 Å². The van der Waals surface area contributed by atoms with Gasteiger partial charge in [-0.1, -0.05) is 56.0 Å². The molecule has 1 aliphatic carbocycles. The second-order valence-electron chi connectivity index (χ2n) is 11.7. The Hall–Kier alpha value is -3.52. The van der Waals surface area contributed by atoms with Crippen molar-refractivity contribution in [3.8, 4) is 11.3 Å². The van der Waals surface area contributed by atoms with Crippen molar-refractivity contribution < 1.29 is 23.1 Å². The average molecular weight is 578 g/mol. The zero-order valence-corrected chi connectivity index (χ0v) is 24.8. The number of carbonyl (C=O) groups excluding carboxylic acids is 2. The molecule has 2 fully saturated rings. The Morgan fingerprint density at radius 1 is 1.00 bits per heavy atom. The first-order valence-electron chi connectivity index (χ1n) is 15.1. The molecule has 42 heavy (non-hydrogen) atoms. The van der Waals surface area contributed by atoms with Crippen LogP contribution in [0.2, 0.25) is 0 Å². The number of nitrogens with zero attached hydrogens (tertiary/aromatic N) is 2. The number of aromatic nitrogens is 1. The van der Waals surface area contributed by atoms with Crippen LogP contribution < -0.4 is 5.32 Å². The molecule has 1 N–H and O–H groups in total. The molecular formula is C34H41F2N3O3. The highest BCUT2D eigenvalue weighted by Gasteiger charge is 2.38. The molecule has 0 radical (unpaired) electrons. The number of ether oxygens (including phenoxy) is 1. The highest BCUT2D eigenvalue weighted by Crippen LogP contribution is 2.46. The fourth-order valence-electron chi connectivity index (χ4n) is 6.77. The molecule has 2 aliphatic heterocycles. The lowest BCUT2D eigenvalue weighted by Crippen LogP contribution is -2.46. The van der Waals surface area contributed by atoms with Crippen molar-refractivity contribution in [1.29, 1.82) is 0 Å². The number of methoxy groups -OCH3 is 1. The summed E-state index contributed by atoms with van der Waals surface area (Å²) in [5.41, 5.74) is 6.06. The van der Waals surface area contributed by atoms with Crippen LogP contribution in [-0.2, 0) is 16.1 Å². The molecule has 8 heteroatoms. The van der Waals surface area contributed by atoms with Crippen molar-refractivity contribution in [3.63, 3.8) is 0 Å². The van der Waals surface area contributed by atoms with Crippen molar-refractivity contribution in [2.24, 2.45) is 0 Å². The Kier molecular flexibility index (Phi) is 9.11. The van der Waals surface area contributed by atoms with Gasteiger partial charge in [0.25, 0.3) is 11.8 Å². The SMILES string of the molecule is CNC.COC(=O)c1ccc2c(C3CCCCCC3)c3n(c2c1)CC(C(=O)N1CCCC(F)(F)C1)=Cc1ccccc1-3. The van der Waals surface area contributed by atoms with Crippen molar-refractivity contribution >= 4 is 28.9 Å². The number of likely N-dealkylation sites (tertiary alicyclic amines) is 1. The summed E-state index contributed by atoms with van der Waals surface area (Å²) in [5.74, 6) is -3.27. The predicted molar refractivity (Wildman–Crippen MR) is 163 cm³/mol. The number of piperidine rings is 1. The zero-order chi connectivity index (χ0) is 29.9. The normalized spacial score (nSPS) is 18.5. The summed E-state index contributed by atoms with van der Waals surface area (Å²) in [7, 11) is 5.12. The number of benzene rings is 2. The third-order valence-electron chi connectivity index (χ3n) is 8.62. The molecule has 0 atom stereocenters. The summed E-state index contributed by atoms with van der Waals surface area (Å²) in [6.07, 6.45) is 8.96. The molecule has 3 aromatic rings. The summed E-state index contributed by atoms with van der Waals surface area (Å²) in [5, 5.41) is 3.83. The number of fused-ring (bicyclic) bond motifs is 5. The molecular weight excluding hydrogens is 536 g/mol. The summed E-state index contributed by atoms with van der Waals surface area (Å²) >= 11 is 0. The number of alkyl halides is 2. The van der Waals surface area contributed by atoms with Crippen LogP contribution in [0.3, 0.4) is 0 Å². The fourth-order valence-corrected chi connectivity index (χ4v) is 6.77. The van der Waals surface area contributed by atoms with Gasteiger partial charge in [-0.2, -0.15) is 0 Å². The highest BCUT2D eigenvalue weighted by molar-refractivity contribution is 6.03. The van der Waals surface area contributed by atoms with Gasteiger partial charge in [0.1, 0.15) is 0 Å². The molecule has 224 valence electrons. The second kappa shape index (κ2) is 12.8. The highest BCUT2D eigenvalue weighted by atomic mass is 19.3. The van der Waals surface area contributed by atoms with Gasteiger partial charge in [0.05, 0.1) is 31.5 Å². The van der Waals surface area contributed by atoms with Crippen molar-refractivity contribution in [1.82, 2.24) is 14.8 Å². The van der Waals surface area contributed by atoms with Crippen molar-refractivity contribution in [2.75, 3.05) is 34.3 Å². The number of amides is 1. The van der Waals surface area contributed by atoms with E-state index in [9.17, 15) is 18.4 Å². The van der Waals surface area contributed by atoms with Gasteiger partial charge in [0, 0.05) is 35.0 Å². The number of hydrogen-bond acceptors (Lipinski definition) is 4. The Morgan fingerprint density at radius 3 is 2.40 bits per heavy atom. The quantitative estimate of drug-likeness (QED) is 0.268. The zero-order valence-electron chi connectivity index (χ0n) is 24.8. The van der Waals surface area contributed by atoms with Gasteiger partial charge in [-0.25, -0.2) is 13.6 Å². The topological polar surface area (TPSA) is 63.6 Å². The number of rotatable bonds is 3. The Labute approximate surface area is 246 Å². The van der Waals surface area contributed by atoms with Gasteiger partial charge in [-0.05, 0) is 68.6 Å². The molecule has 0 unspecified atom stereocenters. The average Bonchev–Trinajstić information content (AvgIpc) is 3.15. The standard InChI is InChI=1S/C32H34F2N2O3.C2H7N/c1-39-31(38)23-13-14-26-27(18-23)36-19-24(30(37)35-16-8-15-32(33,34)20-35)17-22-11-6-7-12-25(22)29(36)28(26)21-9-4-2-3-5-10-21;1-3-2/h6-7,11-14,17-18,21H,2-5,8-10,15-16,19-20H2,1H3;3H,1-2H3. The van der Waals surface area contributed by atoms with Crippen LogP contribution >= 0.6 is 0 Å². The number of esters is 1. The molecule has 0 spiro atoms. The van der Waals surface area contributed by atoms with E-state index in [1.54, 1.807) is 0 Å². The lowest BCUT2D eigenvalue weighted by Gasteiger charge is -2.33. The largest absolute Gasteiger partial charge is 0.465 e. The lowest BCUT2D eigenvalue weighted by atomic mass is 9.87. The number of halogens is 2. The van der Waals surface area contributed by atoms with E-state index in [0.29, 0.717) is 23.6 Å². The molecule has 1 saturated carbocycles. The summed E-state index contributed by atoms with van der Waals surface area (Å²) in [6, 6.07) is 13.7. The van der Waals surface area contributed by atoms with E-state index in [0.717, 1.165) is 40.6 Å². The molecule has 3 heterocycles. The maximum absolute atomic E-state index is 14.3. The predicted octanol–water partition coefficient (Wildman–Crippen LogP) is 7.02. The maximum Gasteiger partial charge on any atom is 0.337 e. The first kappa shape index (κ1) is 30.0. The first-order valence-corrected chi connectivity index (χ1v) is 15.1. The van der Waals surface area contributed by atoms with Crippen LogP contribution in [0.1, 0.15) is 78.8 Å². The van der Waals surface area contributed by atoms with Gasteiger partial charge in [0.15, 0.2) is 0 Å². The third-order valence-corrected chi connectivity index (χ3v) is 8.62. The Bertz CT molecular complexity index is 1480. The molecule has 6 nitrogen and oxygen atoms in total. The number of nitrogens with one attached hydrogen (secondary N) is 1. The minimum atomic E-state index is -2.87. The van der Waals surface area contributed by atoms with Gasteiger partial charge in [-0.15, -0.1) is 0 Å². The minimum absolute atomic E-state index is 0.188. The molecule has 1 saturated heterocycles. The van der Waals surface area contributed by atoms with E-state index in [1.807, 2.05) is 56.6 Å². The third kappa shape index (κ3) is 6.00. The van der Waals surface area contributed by atoms with Crippen LogP contribution in [0.25, 0.3) is 28.2 Å². The molecule has 2 aromatic carbocycles. The van der Waals surface area contributed by atoms with E-state index in [-0.39, 0.29) is 25.3 Å². The smallest absolute Gasteiger partial charge is 0.337 e. The lowest BCUT2D eigenvalue weighted by molar-refractivity contribution is -0.137. The van der Waals surface area contributed by atoms with E-state index in [4.69, 9.17) is 4.74 Å². The van der Waals surface area contributed by atoms with Crippen LogP contribution in [0.4, 0.5) is 8.78 Å². The van der Waals surface area contributed by atoms with Crippen LogP contribution in [0.5, 0.6) is 0 Å². The molecule has 0 bridgehead atoms. The monoisotopic (exact) mass is 577 g/mol.